The molecule has 0 aromatic heterocycles. The van der Waals surface area contributed by atoms with Crippen molar-refractivity contribution in [2.45, 2.75) is 63.2 Å². The lowest BCUT2D eigenvalue weighted by Gasteiger charge is -2.36. The molecule has 2 fully saturated rings. The average Bonchev–Trinajstić information content (AvgIpc) is 3.11. The van der Waals surface area contributed by atoms with Crippen LogP contribution in [0.5, 0.6) is 0 Å². The van der Waals surface area contributed by atoms with E-state index in [0.29, 0.717) is 6.54 Å². The first-order valence-electron chi connectivity index (χ1n) is 7.04. The molecule has 2 nitrogen and oxygen atoms in total. The molecule has 18 heavy (non-hydrogen) atoms. The van der Waals surface area contributed by atoms with E-state index in [1.165, 1.54) is 0 Å². The van der Waals surface area contributed by atoms with Gasteiger partial charge in [-0.25, -0.2) is 0 Å². The number of nitrogens with two attached hydrogens (primary N) is 1. The van der Waals surface area contributed by atoms with Crippen LogP contribution < -0.4 is 5.73 Å². The normalized spacial score (nSPS) is 30.5. The van der Waals surface area contributed by atoms with Gasteiger partial charge in [0.15, 0.2) is 0 Å². The highest BCUT2D eigenvalue weighted by Crippen LogP contribution is 2.37. The van der Waals surface area contributed by atoms with Gasteiger partial charge in [0.2, 0.25) is 0 Å². The average molecular weight is 264 g/mol. The molecule has 0 aromatic rings. The summed E-state index contributed by atoms with van der Waals surface area (Å²) in [5.74, 6) is 0.246. The molecule has 0 saturated heterocycles. The fraction of sp³-hybridized carbons (Fsp3) is 1.00. The van der Waals surface area contributed by atoms with Crippen molar-refractivity contribution in [3.63, 3.8) is 0 Å². The Labute approximate surface area is 107 Å². The zero-order chi connectivity index (χ0) is 13.2. The number of alkyl halides is 3. The van der Waals surface area contributed by atoms with Crippen LogP contribution in [0.4, 0.5) is 13.2 Å². The second-order valence-electron chi connectivity index (χ2n) is 5.72. The smallest absolute Gasteiger partial charge is 0.330 e. The molecule has 0 spiro atoms. The largest absolute Gasteiger partial charge is 0.401 e. The van der Waals surface area contributed by atoms with Gasteiger partial charge < -0.3 is 5.73 Å². The summed E-state index contributed by atoms with van der Waals surface area (Å²) in [6.07, 6.45) is 2.92. The van der Waals surface area contributed by atoms with Crippen LogP contribution in [0, 0.1) is 5.92 Å². The molecule has 106 valence electrons. The molecular weight excluding hydrogens is 241 g/mol. The van der Waals surface area contributed by atoms with E-state index in [1.54, 1.807) is 4.90 Å². The third-order valence-electron chi connectivity index (χ3n) is 4.23. The van der Waals surface area contributed by atoms with Gasteiger partial charge in [-0.15, -0.1) is 0 Å². The van der Waals surface area contributed by atoms with E-state index in [-0.39, 0.29) is 18.0 Å². The first-order valence-corrected chi connectivity index (χ1v) is 7.04. The Balaban J connectivity index is 2.06. The molecule has 2 aliphatic rings. The van der Waals surface area contributed by atoms with Crippen molar-refractivity contribution in [3.8, 4) is 0 Å². The van der Waals surface area contributed by atoms with Crippen molar-refractivity contribution in [1.82, 2.24) is 4.90 Å². The highest BCUT2D eigenvalue weighted by atomic mass is 19.4. The lowest BCUT2D eigenvalue weighted by molar-refractivity contribution is -0.155. The third kappa shape index (κ3) is 3.85. The maximum atomic E-state index is 12.7. The van der Waals surface area contributed by atoms with Gasteiger partial charge in [0.05, 0.1) is 6.54 Å². The number of hydrogen-bond donors (Lipinski definition) is 1. The first-order chi connectivity index (χ1) is 8.51. The Hall–Kier alpha value is -0.290. The minimum absolute atomic E-state index is 0.0478. The second kappa shape index (κ2) is 5.78. The summed E-state index contributed by atoms with van der Waals surface area (Å²) in [5.41, 5.74) is 5.78. The molecule has 2 unspecified atom stereocenters. The molecule has 0 aliphatic heterocycles. The zero-order valence-electron chi connectivity index (χ0n) is 10.8. The molecule has 5 heteroatoms. The van der Waals surface area contributed by atoms with Gasteiger partial charge in [-0.1, -0.05) is 19.3 Å². The molecule has 0 heterocycles. The lowest BCUT2D eigenvalue weighted by atomic mass is 9.93. The van der Waals surface area contributed by atoms with Crippen LogP contribution in [0.2, 0.25) is 0 Å². The molecule has 0 aromatic carbocycles. The third-order valence-corrected chi connectivity index (χ3v) is 4.23. The summed E-state index contributed by atoms with van der Waals surface area (Å²) < 4.78 is 38.1. The summed E-state index contributed by atoms with van der Waals surface area (Å²) >= 11 is 0. The maximum absolute atomic E-state index is 12.7. The van der Waals surface area contributed by atoms with Crippen molar-refractivity contribution in [1.29, 1.82) is 0 Å². The van der Waals surface area contributed by atoms with Gasteiger partial charge in [-0.2, -0.15) is 13.2 Å². The molecular formula is C13H23F3N2. The van der Waals surface area contributed by atoms with Gasteiger partial charge in [-0.05, 0) is 38.1 Å². The summed E-state index contributed by atoms with van der Waals surface area (Å²) in [5, 5.41) is 0. The summed E-state index contributed by atoms with van der Waals surface area (Å²) in [7, 11) is 0. The molecule has 2 saturated carbocycles. The monoisotopic (exact) mass is 264 g/mol. The minimum Gasteiger partial charge on any atom is -0.330 e. The molecule has 2 N–H and O–H groups in total. The van der Waals surface area contributed by atoms with E-state index in [4.69, 9.17) is 5.73 Å². The van der Waals surface area contributed by atoms with E-state index < -0.39 is 12.7 Å². The lowest BCUT2D eigenvalue weighted by Crippen LogP contribution is -2.48. The van der Waals surface area contributed by atoms with E-state index in [9.17, 15) is 13.2 Å². The van der Waals surface area contributed by atoms with Crippen LogP contribution >= 0.6 is 0 Å². The highest BCUT2D eigenvalue weighted by molar-refractivity contribution is 4.93. The molecule has 2 aliphatic carbocycles. The van der Waals surface area contributed by atoms with Gasteiger partial charge in [0, 0.05) is 12.1 Å². The molecule has 0 amide bonds. The van der Waals surface area contributed by atoms with E-state index in [0.717, 1.165) is 44.9 Å². The van der Waals surface area contributed by atoms with Crippen LogP contribution in [0.1, 0.15) is 44.9 Å². The SMILES string of the molecule is NCC1CCCCCC1N(CC(F)(F)F)C1CC1. The van der Waals surface area contributed by atoms with E-state index in [2.05, 4.69) is 0 Å². The van der Waals surface area contributed by atoms with Crippen molar-refractivity contribution >= 4 is 0 Å². The topological polar surface area (TPSA) is 29.3 Å². The molecule has 2 rings (SSSR count). The number of nitrogens with zero attached hydrogens (tertiary/aromatic N) is 1. The number of rotatable bonds is 4. The van der Waals surface area contributed by atoms with Crippen LogP contribution in [0.25, 0.3) is 0 Å². The fourth-order valence-electron chi connectivity index (χ4n) is 3.21. The van der Waals surface area contributed by atoms with Crippen molar-refractivity contribution in [3.05, 3.63) is 0 Å². The minimum atomic E-state index is -4.09. The molecule has 0 bridgehead atoms. The van der Waals surface area contributed by atoms with E-state index in [1.807, 2.05) is 0 Å². The Morgan fingerprint density at radius 3 is 2.22 bits per heavy atom. The van der Waals surface area contributed by atoms with Gasteiger partial charge >= 0.3 is 6.18 Å². The van der Waals surface area contributed by atoms with Gasteiger partial charge in [0.25, 0.3) is 0 Å². The summed E-state index contributed by atoms with van der Waals surface area (Å²) in [6, 6.07) is 0.204. The van der Waals surface area contributed by atoms with E-state index >= 15 is 0 Å². The van der Waals surface area contributed by atoms with Crippen molar-refractivity contribution < 1.29 is 13.2 Å². The van der Waals surface area contributed by atoms with Gasteiger partial charge in [0.1, 0.15) is 0 Å². The van der Waals surface area contributed by atoms with Crippen LogP contribution in [-0.4, -0.2) is 36.2 Å². The molecule has 2 atom stereocenters. The summed E-state index contributed by atoms with van der Waals surface area (Å²) in [6.45, 7) is -0.232. The van der Waals surface area contributed by atoms with Gasteiger partial charge in [-0.3, -0.25) is 4.90 Å². The highest BCUT2D eigenvalue weighted by Gasteiger charge is 2.43. The van der Waals surface area contributed by atoms with Crippen molar-refractivity contribution in [2.75, 3.05) is 13.1 Å². The Morgan fingerprint density at radius 2 is 1.67 bits per heavy atom. The maximum Gasteiger partial charge on any atom is 0.401 e. The van der Waals surface area contributed by atoms with Crippen molar-refractivity contribution in [2.24, 2.45) is 11.7 Å². The Bertz CT molecular complexity index is 263. The Morgan fingerprint density at radius 1 is 1.00 bits per heavy atom. The number of halogens is 3. The quantitative estimate of drug-likeness (QED) is 0.791. The zero-order valence-corrected chi connectivity index (χ0v) is 10.8. The predicted molar refractivity (Wildman–Crippen MR) is 65.2 cm³/mol. The second-order valence-corrected chi connectivity index (χ2v) is 5.72. The predicted octanol–water partition coefficient (Wildman–Crippen LogP) is 2.92. The first kappa shape index (κ1) is 14.1. The van der Waals surface area contributed by atoms with Crippen LogP contribution in [0.15, 0.2) is 0 Å². The van der Waals surface area contributed by atoms with Crippen LogP contribution in [-0.2, 0) is 0 Å². The summed E-state index contributed by atoms with van der Waals surface area (Å²) in [4.78, 5) is 1.71. The fourth-order valence-corrected chi connectivity index (χ4v) is 3.21. The number of hydrogen-bond acceptors (Lipinski definition) is 2. The standard InChI is InChI=1S/C13H23F3N2/c14-13(15,16)9-18(11-6-7-11)12-5-3-1-2-4-10(12)8-17/h10-12H,1-9,17H2. The van der Waals surface area contributed by atoms with Crippen LogP contribution in [0.3, 0.4) is 0 Å². The molecule has 0 radical (unpaired) electrons. The Kier molecular flexibility index (Phi) is 4.54.